The number of aromatic nitrogens is 1. The zero-order valence-electron chi connectivity index (χ0n) is 22.1. The number of thioether (sulfide) groups is 1. The second-order valence-electron chi connectivity index (χ2n) is 9.88. The summed E-state index contributed by atoms with van der Waals surface area (Å²) in [7, 11) is 0. The molecule has 3 unspecified atom stereocenters. The van der Waals surface area contributed by atoms with Gasteiger partial charge in [-0.1, -0.05) is 40.8 Å². The SMILES string of the molecule is O=C(COc1ccc(Cl)cc1C1c2sc(=O)[nH]c2SC2C(=O)N(c3cccc(C(F)(F)F)c3)C(=O)C21)Nc1ccc(O)cc1. The van der Waals surface area contributed by atoms with E-state index in [1.807, 2.05) is 0 Å². The molecule has 2 aliphatic rings. The van der Waals surface area contributed by atoms with Gasteiger partial charge >= 0.3 is 11.0 Å². The zero-order chi connectivity index (χ0) is 31.3. The maximum absolute atomic E-state index is 14.0. The number of thiazole rings is 1. The van der Waals surface area contributed by atoms with Crippen LogP contribution in [-0.2, 0) is 20.6 Å². The van der Waals surface area contributed by atoms with E-state index in [1.165, 1.54) is 48.5 Å². The number of phenols is 1. The second kappa shape index (κ2) is 11.3. The average Bonchev–Trinajstić information content (AvgIpc) is 3.47. The Morgan fingerprint density at radius 3 is 2.52 bits per heavy atom. The predicted molar refractivity (Wildman–Crippen MR) is 158 cm³/mol. The number of benzene rings is 3. The highest BCUT2D eigenvalue weighted by Gasteiger charge is 2.57. The highest BCUT2D eigenvalue weighted by molar-refractivity contribution is 8.00. The highest BCUT2D eigenvalue weighted by atomic mass is 35.5. The number of aromatic amines is 1. The molecule has 0 aliphatic carbocycles. The predicted octanol–water partition coefficient (Wildman–Crippen LogP) is 5.63. The lowest BCUT2D eigenvalue weighted by atomic mass is 9.82. The number of rotatable bonds is 6. The number of nitrogens with one attached hydrogen (secondary N) is 2. The molecular weight excluding hydrogens is 643 g/mol. The van der Waals surface area contributed by atoms with Crippen LogP contribution in [0, 0.1) is 5.92 Å². The lowest BCUT2D eigenvalue weighted by molar-refractivity contribution is -0.137. The van der Waals surface area contributed by atoms with Gasteiger partial charge in [-0.3, -0.25) is 19.2 Å². The molecule has 0 radical (unpaired) electrons. The summed E-state index contributed by atoms with van der Waals surface area (Å²) < 4.78 is 46.2. The number of aromatic hydroxyl groups is 1. The minimum Gasteiger partial charge on any atom is -0.508 e. The van der Waals surface area contributed by atoms with Crippen molar-refractivity contribution in [1.29, 1.82) is 0 Å². The van der Waals surface area contributed by atoms with E-state index in [-0.39, 0.29) is 22.2 Å². The van der Waals surface area contributed by atoms with Crippen molar-refractivity contribution in [2.24, 2.45) is 5.92 Å². The van der Waals surface area contributed by atoms with Crippen LogP contribution in [0.2, 0.25) is 5.02 Å². The van der Waals surface area contributed by atoms with E-state index in [2.05, 4.69) is 10.3 Å². The molecule has 3 N–H and O–H groups in total. The summed E-state index contributed by atoms with van der Waals surface area (Å²) in [6.45, 7) is -0.468. The van der Waals surface area contributed by atoms with Gasteiger partial charge in [-0.15, -0.1) is 0 Å². The van der Waals surface area contributed by atoms with Gasteiger partial charge in [0.25, 0.3) is 5.91 Å². The molecule has 0 bridgehead atoms. The van der Waals surface area contributed by atoms with Gasteiger partial charge in [-0.05, 0) is 60.7 Å². The first-order valence-electron chi connectivity index (χ1n) is 12.9. The molecule has 0 saturated carbocycles. The molecule has 15 heteroatoms. The molecule has 6 rings (SSSR count). The van der Waals surface area contributed by atoms with E-state index in [0.29, 0.717) is 21.2 Å². The summed E-state index contributed by atoms with van der Waals surface area (Å²) >= 11 is 8.14. The normalized spacial score (nSPS) is 19.5. The molecule has 9 nitrogen and oxygen atoms in total. The minimum atomic E-state index is -4.70. The number of H-pyrrole nitrogens is 1. The number of hydrogen-bond acceptors (Lipinski definition) is 8. The fourth-order valence-corrected chi connectivity index (χ4v) is 7.89. The molecule has 4 aromatic rings. The van der Waals surface area contributed by atoms with Crippen molar-refractivity contribution in [3.63, 3.8) is 0 Å². The lowest BCUT2D eigenvalue weighted by Crippen LogP contribution is -2.32. The third-order valence-corrected chi connectivity index (χ3v) is 9.71. The second-order valence-corrected chi connectivity index (χ2v) is 12.5. The van der Waals surface area contributed by atoms with Crippen LogP contribution in [0.4, 0.5) is 24.5 Å². The first kappa shape index (κ1) is 29.8. The molecule has 226 valence electrons. The molecule has 3 heterocycles. The third kappa shape index (κ3) is 5.55. The van der Waals surface area contributed by atoms with Crippen LogP contribution >= 0.6 is 34.7 Å². The van der Waals surface area contributed by atoms with Gasteiger partial charge < -0.3 is 20.1 Å². The number of amides is 3. The number of hydrogen-bond donors (Lipinski definition) is 3. The molecule has 44 heavy (non-hydrogen) atoms. The summed E-state index contributed by atoms with van der Waals surface area (Å²) in [6, 6.07) is 14.2. The van der Waals surface area contributed by atoms with Gasteiger partial charge in [0.2, 0.25) is 11.8 Å². The monoisotopic (exact) mass is 661 g/mol. The molecule has 1 saturated heterocycles. The molecule has 0 spiro atoms. The Labute approximate surface area is 259 Å². The highest BCUT2D eigenvalue weighted by Crippen LogP contribution is 2.55. The van der Waals surface area contributed by atoms with Gasteiger partial charge in [-0.2, -0.15) is 13.2 Å². The summed E-state index contributed by atoms with van der Waals surface area (Å²) in [6.07, 6.45) is -4.70. The number of nitrogens with zero attached hydrogens (tertiary/aromatic N) is 1. The quantitative estimate of drug-likeness (QED) is 0.181. The van der Waals surface area contributed by atoms with Gasteiger partial charge in [0.05, 0.1) is 22.2 Å². The van der Waals surface area contributed by atoms with E-state index < -0.39 is 58.0 Å². The molecule has 3 aromatic carbocycles. The first-order valence-corrected chi connectivity index (χ1v) is 14.9. The maximum atomic E-state index is 14.0. The molecule has 3 amide bonds. The summed E-state index contributed by atoms with van der Waals surface area (Å²) in [4.78, 5) is 56.1. The van der Waals surface area contributed by atoms with Crippen LogP contribution in [0.15, 0.2) is 76.6 Å². The molecular formula is C29H19ClF3N3O6S2. The van der Waals surface area contributed by atoms with Crippen molar-refractivity contribution in [3.05, 3.63) is 97.4 Å². The van der Waals surface area contributed by atoms with Crippen molar-refractivity contribution < 1.29 is 37.4 Å². The summed E-state index contributed by atoms with van der Waals surface area (Å²) in [5.41, 5.74) is -0.525. The number of ether oxygens (including phenoxy) is 1. The number of fused-ring (bicyclic) bond motifs is 2. The maximum Gasteiger partial charge on any atom is 0.416 e. The number of carbonyl (C=O) groups is 3. The van der Waals surface area contributed by atoms with Gasteiger partial charge in [-0.25, -0.2) is 4.90 Å². The van der Waals surface area contributed by atoms with Gasteiger partial charge in [0.15, 0.2) is 6.61 Å². The molecule has 3 atom stereocenters. The smallest absolute Gasteiger partial charge is 0.416 e. The zero-order valence-corrected chi connectivity index (χ0v) is 24.4. The third-order valence-electron chi connectivity index (χ3n) is 7.07. The van der Waals surface area contributed by atoms with E-state index in [4.69, 9.17) is 16.3 Å². The number of phenolic OH excluding ortho intramolecular Hbond substituents is 1. The first-order chi connectivity index (χ1) is 20.9. The van der Waals surface area contributed by atoms with E-state index in [9.17, 15) is 37.5 Å². The van der Waals surface area contributed by atoms with Crippen LogP contribution in [-0.4, -0.2) is 39.7 Å². The van der Waals surface area contributed by atoms with Crippen molar-refractivity contribution in [1.82, 2.24) is 4.98 Å². The number of imide groups is 1. The number of carbonyl (C=O) groups excluding carboxylic acids is 3. The fraction of sp³-hybridized carbons (Fsp3) is 0.172. The minimum absolute atomic E-state index is 0.0204. The van der Waals surface area contributed by atoms with Gasteiger partial charge in [0, 0.05) is 27.1 Å². The molecule has 1 aromatic heterocycles. The van der Waals surface area contributed by atoms with Crippen molar-refractivity contribution in [2.45, 2.75) is 22.4 Å². The van der Waals surface area contributed by atoms with Crippen LogP contribution in [0.3, 0.4) is 0 Å². The standard InChI is InChI=1S/C29H19ClF3N3O6S2/c30-14-4-9-19(42-12-20(38)34-15-5-7-17(37)8-6-15)18(11-14)21-22-24(43-25-23(21)44-28(41)35-25)27(40)36(26(22)39)16-3-1-2-13(10-16)29(31,32)33/h1-11,21-22,24,37H,12H2,(H,34,38)(H,35,41). The average molecular weight is 662 g/mol. The Bertz CT molecular complexity index is 1860. The van der Waals surface area contributed by atoms with E-state index in [1.54, 1.807) is 0 Å². The Hall–Kier alpha value is -4.27. The van der Waals surface area contributed by atoms with E-state index >= 15 is 0 Å². The number of halogens is 4. The Balaban J connectivity index is 1.36. The van der Waals surface area contributed by atoms with Crippen LogP contribution in [0.25, 0.3) is 0 Å². The Morgan fingerprint density at radius 2 is 1.80 bits per heavy atom. The fourth-order valence-electron chi connectivity index (χ4n) is 5.21. The summed E-state index contributed by atoms with van der Waals surface area (Å²) in [5, 5.41) is 11.6. The largest absolute Gasteiger partial charge is 0.508 e. The molecule has 2 aliphatic heterocycles. The lowest BCUT2D eigenvalue weighted by Gasteiger charge is -2.31. The van der Waals surface area contributed by atoms with Crippen molar-refractivity contribution >= 4 is 63.8 Å². The van der Waals surface area contributed by atoms with Gasteiger partial charge in [0.1, 0.15) is 16.7 Å². The van der Waals surface area contributed by atoms with E-state index in [0.717, 1.165) is 46.2 Å². The Kier molecular flexibility index (Phi) is 7.68. The van der Waals surface area contributed by atoms with Crippen molar-refractivity contribution in [3.8, 4) is 11.5 Å². The Morgan fingerprint density at radius 1 is 1.05 bits per heavy atom. The number of alkyl halides is 3. The molecule has 1 fully saturated rings. The topological polar surface area (TPSA) is 129 Å². The van der Waals surface area contributed by atoms with Crippen LogP contribution < -0.4 is 19.8 Å². The van der Waals surface area contributed by atoms with Crippen LogP contribution in [0.1, 0.15) is 21.9 Å². The van der Waals surface area contributed by atoms with Crippen LogP contribution in [0.5, 0.6) is 11.5 Å². The number of anilines is 2. The van der Waals surface area contributed by atoms with Crippen molar-refractivity contribution in [2.75, 3.05) is 16.8 Å². The summed E-state index contributed by atoms with van der Waals surface area (Å²) in [5.74, 6) is -3.94.